The molecule has 1 atom stereocenters. The Kier molecular flexibility index (Phi) is 5.70. The van der Waals surface area contributed by atoms with Gasteiger partial charge in [0.05, 0.1) is 11.1 Å². The third kappa shape index (κ3) is 5.03. The van der Waals surface area contributed by atoms with Gasteiger partial charge in [-0.3, -0.25) is 0 Å². The van der Waals surface area contributed by atoms with Crippen LogP contribution in [-0.4, -0.2) is 28.6 Å². The van der Waals surface area contributed by atoms with E-state index in [1.165, 1.54) is 11.8 Å². The lowest BCUT2D eigenvalue weighted by molar-refractivity contribution is 0.126. The van der Waals surface area contributed by atoms with E-state index in [9.17, 15) is 5.11 Å². The van der Waals surface area contributed by atoms with Crippen LogP contribution in [0.25, 0.3) is 0 Å². The Balaban J connectivity index is 1.75. The Morgan fingerprint density at radius 1 is 1.35 bits per heavy atom. The smallest absolute Gasteiger partial charge is 0.121 e. The topological polar surface area (TPSA) is 68.4 Å². The van der Waals surface area contributed by atoms with Crippen LogP contribution in [0.15, 0.2) is 52.1 Å². The van der Waals surface area contributed by atoms with Crippen molar-refractivity contribution < 1.29 is 9.84 Å². The SMILES string of the molecule is Nc1cccc(OCC(O)CSc2ccc(Br)cn2)c1. The summed E-state index contributed by atoms with van der Waals surface area (Å²) in [6.45, 7) is 0.229. The van der Waals surface area contributed by atoms with Crippen molar-refractivity contribution in [3.8, 4) is 5.75 Å². The molecule has 1 heterocycles. The maximum Gasteiger partial charge on any atom is 0.121 e. The minimum atomic E-state index is -0.563. The number of hydrogen-bond donors (Lipinski definition) is 2. The van der Waals surface area contributed by atoms with Crippen LogP contribution in [-0.2, 0) is 0 Å². The molecule has 106 valence electrons. The van der Waals surface area contributed by atoms with E-state index in [4.69, 9.17) is 10.5 Å². The highest BCUT2D eigenvalue weighted by Crippen LogP contribution is 2.19. The fraction of sp³-hybridized carbons (Fsp3) is 0.214. The molecule has 1 aromatic heterocycles. The van der Waals surface area contributed by atoms with Crippen LogP contribution in [0.3, 0.4) is 0 Å². The monoisotopic (exact) mass is 354 g/mol. The fourth-order valence-corrected chi connectivity index (χ4v) is 2.46. The van der Waals surface area contributed by atoms with Gasteiger partial charge in [-0.2, -0.15) is 0 Å². The van der Waals surface area contributed by atoms with Crippen molar-refractivity contribution in [2.24, 2.45) is 0 Å². The third-order valence-electron chi connectivity index (χ3n) is 2.42. The Morgan fingerprint density at radius 3 is 2.90 bits per heavy atom. The number of pyridine rings is 1. The van der Waals surface area contributed by atoms with E-state index in [1.807, 2.05) is 24.3 Å². The molecule has 4 nitrogen and oxygen atoms in total. The van der Waals surface area contributed by atoms with E-state index in [0.29, 0.717) is 17.2 Å². The van der Waals surface area contributed by atoms with Gasteiger partial charge in [0, 0.05) is 28.2 Å². The largest absolute Gasteiger partial charge is 0.491 e. The summed E-state index contributed by atoms with van der Waals surface area (Å²) in [5, 5.41) is 10.8. The zero-order valence-electron chi connectivity index (χ0n) is 10.7. The van der Waals surface area contributed by atoms with Gasteiger partial charge in [-0.05, 0) is 40.2 Å². The van der Waals surface area contributed by atoms with Crippen molar-refractivity contribution >= 4 is 33.4 Å². The molecular formula is C14H15BrN2O2S. The number of hydrogen-bond acceptors (Lipinski definition) is 5. The first-order valence-electron chi connectivity index (χ1n) is 6.04. The minimum Gasteiger partial charge on any atom is -0.491 e. The van der Waals surface area contributed by atoms with Crippen LogP contribution in [0.1, 0.15) is 0 Å². The van der Waals surface area contributed by atoms with Crippen LogP contribution < -0.4 is 10.5 Å². The summed E-state index contributed by atoms with van der Waals surface area (Å²) in [4.78, 5) is 4.23. The molecule has 0 aliphatic heterocycles. The number of nitrogens with two attached hydrogens (primary N) is 1. The summed E-state index contributed by atoms with van der Waals surface area (Å²) in [5.41, 5.74) is 6.30. The molecular weight excluding hydrogens is 340 g/mol. The first-order valence-corrected chi connectivity index (χ1v) is 7.82. The normalized spacial score (nSPS) is 12.1. The maximum absolute atomic E-state index is 9.88. The number of halogens is 1. The molecule has 0 fully saturated rings. The predicted molar refractivity (Wildman–Crippen MR) is 85.0 cm³/mol. The standard InChI is InChI=1S/C14H15BrN2O2S/c15-10-4-5-14(17-7-10)20-9-12(18)8-19-13-3-1-2-11(16)6-13/h1-7,12,18H,8-9,16H2. The van der Waals surface area contributed by atoms with E-state index < -0.39 is 6.10 Å². The van der Waals surface area contributed by atoms with Gasteiger partial charge in [-0.1, -0.05) is 6.07 Å². The van der Waals surface area contributed by atoms with Gasteiger partial charge in [0.25, 0.3) is 0 Å². The Hall–Kier alpha value is -1.24. The number of aliphatic hydroxyl groups is 1. The molecule has 0 aliphatic rings. The summed E-state index contributed by atoms with van der Waals surface area (Å²) >= 11 is 4.82. The zero-order valence-corrected chi connectivity index (χ0v) is 13.1. The fourth-order valence-electron chi connectivity index (χ4n) is 1.47. The molecule has 0 spiro atoms. The number of benzene rings is 1. The van der Waals surface area contributed by atoms with Gasteiger partial charge >= 0.3 is 0 Å². The van der Waals surface area contributed by atoms with Crippen molar-refractivity contribution in [3.63, 3.8) is 0 Å². The molecule has 1 unspecified atom stereocenters. The van der Waals surface area contributed by atoms with Crippen molar-refractivity contribution in [2.75, 3.05) is 18.1 Å². The molecule has 2 rings (SSSR count). The molecule has 6 heteroatoms. The van der Waals surface area contributed by atoms with E-state index in [-0.39, 0.29) is 6.61 Å². The quantitative estimate of drug-likeness (QED) is 0.616. The second-order valence-electron chi connectivity index (χ2n) is 4.16. The highest BCUT2D eigenvalue weighted by Gasteiger charge is 2.07. The number of aliphatic hydroxyl groups excluding tert-OH is 1. The first-order chi connectivity index (χ1) is 9.63. The lowest BCUT2D eigenvalue weighted by Crippen LogP contribution is -2.20. The molecule has 0 aliphatic carbocycles. The molecule has 0 saturated heterocycles. The summed E-state index contributed by atoms with van der Waals surface area (Å²) in [6.07, 6.45) is 1.17. The summed E-state index contributed by atoms with van der Waals surface area (Å²) in [5.74, 6) is 1.19. The molecule has 1 aromatic carbocycles. The van der Waals surface area contributed by atoms with Crippen LogP contribution in [0.2, 0.25) is 0 Å². The average molecular weight is 355 g/mol. The van der Waals surface area contributed by atoms with Gasteiger partial charge in [0.1, 0.15) is 12.4 Å². The van der Waals surface area contributed by atoms with Crippen molar-refractivity contribution in [1.82, 2.24) is 4.98 Å². The second-order valence-corrected chi connectivity index (χ2v) is 6.12. The molecule has 0 radical (unpaired) electrons. The lowest BCUT2D eigenvalue weighted by atomic mass is 10.3. The van der Waals surface area contributed by atoms with Crippen molar-refractivity contribution in [1.29, 1.82) is 0 Å². The second kappa shape index (κ2) is 7.52. The Morgan fingerprint density at radius 2 is 2.20 bits per heavy atom. The molecule has 0 amide bonds. The lowest BCUT2D eigenvalue weighted by Gasteiger charge is -2.12. The van der Waals surface area contributed by atoms with Gasteiger partial charge in [-0.15, -0.1) is 11.8 Å². The van der Waals surface area contributed by atoms with Crippen LogP contribution in [0.4, 0.5) is 5.69 Å². The van der Waals surface area contributed by atoms with E-state index in [2.05, 4.69) is 20.9 Å². The number of rotatable bonds is 6. The first kappa shape index (κ1) is 15.2. The molecule has 2 aromatic rings. The van der Waals surface area contributed by atoms with Crippen LogP contribution in [0, 0.1) is 0 Å². The molecule has 20 heavy (non-hydrogen) atoms. The highest BCUT2D eigenvalue weighted by atomic mass is 79.9. The van der Waals surface area contributed by atoms with E-state index >= 15 is 0 Å². The molecule has 0 bridgehead atoms. The molecule has 3 N–H and O–H groups in total. The summed E-state index contributed by atoms with van der Waals surface area (Å²) < 4.78 is 6.42. The number of nitrogens with zero attached hydrogens (tertiary/aromatic N) is 1. The maximum atomic E-state index is 9.88. The van der Waals surface area contributed by atoms with Crippen molar-refractivity contribution in [2.45, 2.75) is 11.1 Å². The number of nitrogen functional groups attached to an aromatic ring is 1. The highest BCUT2D eigenvalue weighted by molar-refractivity contribution is 9.10. The summed E-state index contributed by atoms with van der Waals surface area (Å²) in [6, 6.07) is 11.0. The number of aromatic nitrogens is 1. The predicted octanol–water partition coefficient (Wildman–Crippen LogP) is 2.96. The van der Waals surface area contributed by atoms with Gasteiger partial charge < -0.3 is 15.6 Å². The minimum absolute atomic E-state index is 0.229. The van der Waals surface area contributed by atoms with Crippen LogP contribution in [0.5, 0.6) is 5.75 Å². The Labute approximate surface area is 130 Å². The number of anilines is 1. The van der Waals surface area contributed by atoms with Gasteiger partial charge in [0.15, 0.2) is 0 Å². The number of ether oxygens (including phenoxy) is 1. The van der Waals surface area contributed by atoms with Crippen LogP contribution >= 0.6 is 27.7 Å². The van der Waals surface area contributed by atoms with E-state index in [1.54, 1.807) is 18.3 Å². The van der Waals surface area contributed by atoms with Crippen molar-refractivity contribution in [3.05, 3.63) is 47.1 Å². The molecule has 0 saturated carbocycles. The van der Waals surface area contributed by atoms with E-state index in [0.717, 1.165) is 9.50 Å². The van der Waals surface area contributed by atoms with Gasteiger partial charge in [-0.25, -0.2) is 4.98 Å². The Bertz CT molecular complexity index is 551. The number of thioether (sulfide) groups is 1. The third-order valence-corrected chi connectivity index (χ3v) is 3.98. The average Bonchev–Trinajstić information content (AvgIpc) is 2.45. The zero-order chi connectivity index (χ0) is 14.4. The van der Waals surface area contributed by atoms with Gasteiger partial charge in [0.2, 0.25) is 0 Å². The summed E-state index contributed by atoms with van der Waals surface area (Å²) in [7, 11) is 0.